The highest BCUT2D eigenvalue weighted by atomic mass is 16.5. The molecule has 0 aromatic carbocycles. The molecule has 0 aliphatic heterocycles. The molecule has 6 heteroatoms. The number of nitrogen functional groups attached to an aromatic ring is 1. The molecule has 0 amide bonds. The summed E-state index contributed by atoms with van der Waals surface area (Å²) in [6.07, 6.45) is 0. The minimum absolute atomic E-state index is 0.00116. The first-order chi connectivity index (χ1) is 5.68. The number of fused-ring (bicyclic) bond motifs is 1. The van der Waals surface area contributed by atoms with Gasteiger partial charge in [-0.1, -0.05) is 5.16 Å². The largest absolute Gasteiger partial charge is 0.367 e. The molecule has 0 aliphatic carbocycles. The van der Waals surface area contributed by atoms with Crippen molar-refractivity contribution in [3.8, 4) is 0 Å². The molecule has 0 aliphatic rings. The Balaban J connectivity index is 3.03. The summed E-state index contributed by atoms with van der Waals surface area (Å²) in [7, 11) is 0. The van der Waals surface area contributed by atoms with E-state index >= 15 is 0 Å². The van der Waals surface area contributed by atoms with Crippen LogP contribution in [0, 0.1) is 6.92 Å². The van der Waals surface area contributed by atoms with E-state index in [0.717, 1.165) is 0 Å². The predicted molar refractivity (Wildman–Crippen MR) is 41.6 cm³/mol. The van der Waals surface area contributed by atoms with Crippen LogP contribution < -0.4 is 11.3 Å². The number of aromatic amines is 1. The van der Waals surface area contributed by atoms with E-state index in [-0.39, 0.29) is 22.5 Å². The van der Waals surface area contributed by atoms with Crippen molar-refractivity contribution in [3.05, 3.63) is 16.2 Å². The highest BCUT2D eigenvalue weighted by Gasteiger charge is 2.10. The van der Waals surface area contributed by atoms with Crippen molar-refractivity contribution < 1.29 is 4.52 Å². The lowest BCUT2D eigenvalue weighted by molar-refractivity contribution is 0.443. The monoisotopic (exact) mass is 166 g/mol. The average Bonchev–Trinajstić information content (AvgIpc) is 2.31. The van der Waals surface area contributed by atoms with E-state index in [0.29, 0.717) is 5.82 Å². The van der Waals surface area contributed by atoms with E-state index in [1.54, 1.807) is 6.92 Å². The topological polar surface area (TPSA) is 97.8 Å². The van der Waals surface area contributed by atoms with Crippen LogP contribution in [0.2, 0.25) is 0 Å². The van der Waals surface area contributed by atoms with Gasteiger partial charge in [-0.25, -0.2) is 4.98 Å². The molecule has 12 heavy (non-hydrogen) atoms. The van der Waals surface area contributed by atoms with Gasteiger partial charge in [0.2, 0.25) is 11.5 Å². The fourth-order valence-electron chi connectivity index (χ4n) is 0.997. The van der Waals surface area contributed by atoms with E-state index < -0.39 is 0 Å². The molecule has 0 spiro atoms. The van der Waals surface area contributed by atoms with Gasteiger partial charge in [-0.3, -0.25) is 4.79 Å². The molecule has 2 aromatic rings. The summed E-state index contributed by atoms with van der Waals surface area (Å²) in [5.41, 5.74) is 5.26. The van der Waals surface area contributed by atoms with Gasteiger partial charge in [0.1, 0.15) is 5.82 Å². The maximum absolute atomic E-state index is 11.2. The second-order valence-electron chi connectivity index (χ2n) is 2.40. The maximum atomic E-state index is 11.2. The summed E-state index contributed by atoms with van der Waals surface area (Å²) in [4.78, 5) is 17.6. The Bertz CT molecular complexity index is 484. The third-order valence-corrected chi connectivity index (χ3v) is 1.50. The van der Waals surface area contributed by atoms with Gasteiger partial charge in [0, 0.05) is 0 Å². The molecule has 2 heterocycles. The summed E-state index contributed by atoms with van der Waals surface area (Å²) in [6, 6.07) is 0. The van der Waals surface area contributed by atoms with Crippen LogP contribution in [-0.2, 0) is 0 Å². The Morgan fingerprint density at radius 1 is 1.58 bits per heavy atom. The van der Waals surface area contributed by atoms with Crippen LogP contribution in [0.25, 0.3) is 11.0 Å². The Hall–Kier alpha value is -1.85. The summed E-state index contributed by atoms with van der Waals surface area (Å²) in [5, 5.41) is 3.72. The molecular weight excluding hydrogens is 160 g/mol. The fraction of sp³-hybridized carbons (Fsp3) is 0.167. The number of rotatable bonds is 0. The summed E-state index contributed by atoms with van der Waals surface area (Å²) < 4.78 is 4.60. The SMILES string of the molecule is Cc1nc2noc(N)c2c(=O)[nH]1. The van der Waals surface area contributed by atoms with Gasteiger partial charge in [0.25, 0.3) is 5.56 Å². The molecule has 0 bridgehead atoms. The molecule has 0 atom stereocenters. The molecule has 0 fully saturated rings. The van der Waals surface area contributed by atoms with E-state index in [4.69, 9.17) is 5.73 Å². The first kappa shape index (κ1) is 6.84. The lowest BCUT2D eigenvalue weighted by atomic mass is 10.4. The number of aryl methyl sites for hydroxylation is 1. The van der Waals surface area contributed by atoms with E-state index in [1.807, 2.05) is 0 Å². The Morgan fingerprint density at radius 2 is 2.33 bits per heavy atom. The minimum atomic E-state index is -0.323. The van der Waals surface area contributed by atoms with Crippen LogP contribution in [-0.4, -0.2) is 15.1 Å². The highest BCUT2D eigenvalue weighted by Crippen LogP contribution is 2.12. The fourth-order valence-corrected chi connectivity index (χ4v) is 0.997. The zero-order valence-electron chi connectivity index (χ0n) is 6.29. The molecular formula is C6H6N4O2. The summed E-state index contributed by atoms with van der Waals surface area (Å²) in [6.45, 7) is 1.66. The van der Waals surface area contributed by atoms with Crippen molar-refractivity contribution in [1.82, 2.24) is 15.1 Å². The zero-order valence-corrected chi connectivity index (χ0v) is 6.29. The van der Waals surface area contributed by atoms with Crippen LogP contribution in [0.3, 0.4) is 0 Å². The van der Waals surface area contributed by atoms with Gasteiger partial charge in [-0.15, -0.1) is 0 Å². The predicted octanol–water partition coefficient (Wildman–Crippen LogP) is -0.198. The van der Waals surface area contributed by atoms with E-state index in [2.05, 4.69) is 19.6 Å². The molecule has 0 saturated carbocycles. The van der Waals surface area contributed by atoms with Crippen molar-refractivity contribution in [2.45, 2.75) is 6.92 Å². The number of nitrogens with one attached hydrogen (secondary N) is 1. The first-order valence-electron chi connectivity index (χ1n) is 3.30. The van der Waals surface area contributed by atoms with Gasteiger partial charge in [0.05, 0.1) is 0 Å². The third kappa shape index (κ3) is 0.777. The molecule has 0 radical (unpaired) electrons. The lowest BCUT2D eigenvalue weighted by Gasteiger charge is -1.88. The van der Waals surface area contributed by atoms with Crippen LogP contribution in [0.4, 0.5) is 5.88 Å². The normalized spacial score (nSPS) is 10.8. The number of hydrogen-bond acceptors (Lipinski definition) is 5. The summed E-state index contributed by atoms with van der Waals surface area (Å²) in [5.74, 6) is 0.486. The van der Waals surface area contributed by atoms with Crippen molar-refractivity contribution in [2.24, 2.45) is 0 Å². The highest BCUT2D eigenvalue weighted by molar-refractivity contribution is 5.83. The number of aromatic nitrogens is 3. The van der Waals surface area contributed by atoms with Gasteiger partial charge < -0.3 is 15.2 Å². The Labute approximate surface area is 66.4 Å². The van der Waals surface area contributed by atoms with Crippen molar-refractivity contribution in [1.29, 1.82) is 0 Å². The molecule has 62 valence electrons. The molecule has 0 unspecified atom stereocenters. The van der Waals surface area contributed by atoms with E-state index in [1.165, 1.54) is 0 Å². The van der Waals surface area contributed by atoms with E-state index in [9.17, 15) is 4.79 Å². The van der Waals surface area contributed by atoms with Crippen molar-refractivity contribution >= 4 is 16.9 Å². The van der Waals surface area contributed by atoms with Crippen LogP contribution >= 0.6 is 0 Å². The maximum Gasteiger partial charge on any atom is 0.266 e. The van der Waals surface area contributed by atoms with Crippen LogP contribution in [0.15, 0.2) is 9.32 Å². The summed E-state index contributed by atoms with van der Waals surface area (Å²) >= 11 is 0. The van der Waals surface area contributed by atoms with Gasteiger partial charge in [-0.05, 0) is 6.92 Å². The minimum Gasteiger partial charge on any atom is -0.367 e. The molecule has 2 aromatic heterocycles. The zero-order chi connectivity index (χ0) is 8.72. The molecule has 2 rings (SSSR count). The standard InChI is InChI=1S/C6H6N4O2/c1-2-8-5-3(6(11)9-2)4(7)12-10-5/h7H2,1H3,(H,8,9,10,11). The second kappa shape index (κ2) is 2.07. The number of nitrogens with two attached hydrogens (primary N) is 1. The van der Waals surface area contributed by atoms with Crippen LogP contribution in [0.1, 0.15) is 5.82 Å². The number of anilines is 1. The lowest BCUT2D eigenvalue weighted by Crippen LogP contribution is -2.09. The molecule has 3 N–H and O–H groups in total. The van der Waals surface area contributed by atoms with Crippen molar-refractivity contribution in [2.75, 3.05) is 5.73 Å². The number of hydrogen-bond donors (Lipinski definition) is 2. The number of nitrogens with zero attached hydrogens (tertiary/aromatic N) is 2. The van der Waals surface area contributed by atoms with Crippen LogP contribution in [0.5, 0.6) is 0 Å². The smallest absolute Gasteiger partial charge is 0.266 e. The first-order valence-corrected chi connectivity index (χ1v) is 3.30. The molecule has 6 nitrogen and oxygen atoms in total. The molecule has 0 saturated heterocycles. The number of H-pyrrole nitrogens is 1. The Morgan fingerprint density at radius 3 is 3.08 bits per heavy atom. The quantitative estimate of drug-likeness (QED) is 0.564. The van der Waals surface area contributed by atoms with Crippen molar-refractivity contribution in [3.63, 3.8) is 0 Å². The van der Waals surface area contributed by atoms with Gasteiger partial charge in [-0.2, -0.15) is 0 Å². The third-order valence-electron chi connectivity index (χ3n) is 1.50. The second-order valence-corrected chi connectivity index (χ2v) is 2.40. The van der Waals surface area contributed by atoms with Gasteiger partial charge in [0.15, 0.2) is 5.39 Å². The average molecular weight is 166 g/mol. The van der Waals surface area contributed by atoms with Gasteiger partial charge >= 0.3 is 0 Å². The Kier molecular flexibility index (Phi) is 1.18.